The number of allylic oxidation sites excluding steroid dienone is 1. The van der Waals surface area contributed by atoms with Gasteiger partial charge in [0, 0.05) is 11.6 Å². The normalized spacial score (nSPS) is 24.1. The molecule has 1 saturated carbocycles. The monoisotopic (exact) mass is 292 g/mol. The first kappa shape index (κ1) is 17.0. The van der Waals surface area contributed by atoms with Crippen LogP contribution in [0.5, 0.6) is 0 Å². The Morgan fingerprint density at radius 2 is 1.81 bits per heavy atom. The predicted molar refractivity (Wildman–Crippen MR) is 92.8 cm³/mol. The van der Waals surface area contributed by atoms with Gasteiger partial charge in [-0.1, -0.05) is 31.8 Å². The number of nitrogens with zero attached hydrogens (tertiary/aromatic N) is 1. The second-order valence-corrected chi connectivity index (χ2v) is 7.36. The maximum Gasteiger partial charge on any atom is 0.0362 e. The molecule has 1 heterocycles. The lowest BCUT2D eigenvalue weighted by Crippen LogP contribution is -2.61. The van der Waals surface area contributed by atoms with Crippen LogP contribution in [0.15, 0.2) is 12.2 Å². The molecule has 2 nitrogen and oxygen atoms in total. The van der Waals surface area contributed by atoms with Crippen LogP contribution in [0.2, 0.25) is 0 Å². The Balaban J connectivity index is 2.11. The summed E-state index contributed by atoms with van der Waals surface area (Å²) in [5.74, 6) is 0. The second kappa shape index (κ2) is 8.33. The van der Waals surface area contributed by atoms with Crippen molar-refractivity contribution in [2.24, 2.45) is 0 Å². The van der Waals surface area contributed by atoms with Crippen LogP contribution in [-0.2, 0) is 0 Å². The third-order valence-corrected chi connectivity index (χ3v) is 5.60. The van der Waals surface area contributed by atoms with Crippen molar-refractivity contribution in [3.8, 4) is 0 Å². The molecular weight excluding hydrogens is 256 g/mol. The zero-order chi connectivity index (χ0) is 15.1. The summed E-state index contributed by atoms with van der Waals surface area (Å²) in [4.78, 5) is 2.87. The lowest BCUT2D eigenvalue weighted by atomic mass is 9.81. The highest BCUT2D eigenvalue weighted by Crippen LogP contribution is 2.41. The number of nitrogens with one attached hydrogen (secondary N) is 1. The van der Waals surface area contributed by atoms with Crippen LogP contribution < -0.4 is 5.32 Å². The summed E-state index contributed by atoms with van der Waals surface area (Å²) in [6, 6.07) is 0.662. The molecule has 2 fully saturated rings. The minimum absolute atomic E-state index is 0.449. The fourth-order valence-corrected chi connectivity index (χ4v) is 4.48. The lowest BCUT2D eigenvalue weighted by molar-refractivity contribution is 0.0340. The van der Waals surface area contributed by atoms with Gasteiger partial charge in [-0.15, -0.1) is 6.58 Å². The number of rotatable bonds is 8. The van der Waals surface area contributed by atoms with Crippen molar-refractivity contribution in [1.82, 2.24) is 10.2 Å². The van der Waals surface area contributed by atoms with Crippen molar-refractivity contribution in [2.75, 3.05) is 19.6 Å². The summed E-state index contributed by atoms with van der Waals surface area (Å²) in [6.45, 7) is 12.4. The maximum atomic E-state index is 4.13. The van der Waals surface area contributed by atoms with E-state index in [0.29, 0.717) is 11.6 Å². The van der Waals surface area contributed by atoms with E-state index in [9.17, 15) is 0 Å². The highest BCUT2D eigenvalue weighted by atomic mass is 15.2. The van der Waals surface area contributed by atoms with Gasteiger partial charge in [0.1, 0.15) is 0 Å². The van der Waals surface area contributed by atoms with Gasteiger partial charge in [0.05, 0.1) is 0 Å². The molecule has 2 rings (SSSR count). The summed E-state index contributed by atoms with van der Waals surface area (Å²) in [5.41, 5.74) is 1.79. The van der Waals surface area contributed by atoms with Gasteiger partial charge in [0.15, 0.2) is 0 Å². The first-order chi connectivity index (χ1) is 10.2. The molecule has 0 aromatic carbocycles. The van der Waals surface area contributed by atoms with E-state index in [-0.39, 0.29) is 0 Å². The third-order valence-electron chi connectivity index (χ3n) is 5.60. The lowest BCUT2D eigenvalue weighted by Gasteiger charge is -2.49. The molecule has 122 valence electrons. The molecule has 1 saturated heterocycles. The Bertz CT molecular complexity index is 312. The topological polar surface area (TPSA) is 15.3 Å². The molecule has 21 heavy (non-hydrogen) atoms. The van der Waals surface area contributed by atoms with Gasteiger partial charge in [-0.25, -0.2) is 0 Å². The van der Waals surface area contributed by atoms with Crippen molar-refractivity contribution in [3.63, 3.8) is 0 Å². The first-order valence-electron chi connectivity index (χ1n) is 9.32. The Labute approximate surface area is 132 Å². The fraction of sp³-hybridized carbons (Fsp3) is 0.895. The van der Waals surface area contributed by atoms with E-state index in [1.807, 2.05) is 0 Å². The van der Waals surface area contributed by atoms with Crippen molar-refractivity contribution >= 4 is 0 Å². The van der Waals surface area contributed by atoms with Crippen molar-refractivity contribution in [1.29, 1.82) is 0 Å². The summed E-state index contributed by atoms with van der Waals surface area (Å²) < 4.78 is 0. The molecule has 2 heteroatoms. The molecule has 0 bridgehead atoms. The number of hydrogen-bond acceptors (Lipinski definition) is 2. The molecular formula is C19H36N2. The highest BCUT2D eigenvalue weighted by molar-refractivity contribution is 5.05. The van der Waals surface area contributed by atoms with E-state index in [1.165, 1.54) is 82.9 Å². The molecule has 0 radical (unpaired) electrons. The van der Waals surface area contributed by atoms with Crippen LogP contribution in [0, 0.1) is 0 Å². The zero-order valence-corrected chi connectivity index (χ0v) is 14.4. The number of piperidine rings is 1. The maximum absolute atomic E-state index is 4.13. The van der Waals surface area contributed by atoms with E-state index >= 15 is 0 Å². The molecule has 0 spiro atoms. The van der Waals surface area contributed by atoms with Crippen molar-refractivity contribution < 1.29 is 0 Å². The minimum atomic E-state index is 0.449. The smallest absolute Gasteiger partial charge is 0.0362 e. The van der Waals surface area contributed by atoms with Crippen LogP contribution in [0.4, 0.5) is 0 Å². The molecule has 1 N–H and O–H groups in total. The average Bonchev–Trinajstić information content (AvgIpc) is 2.99. The molecule has 1 aliphatic heterocycles. The van der Waals surface area contributed by atoms with Gasteiger partial charge < -0.3 is 5.32 Å². The van der Waals surface area contributed by atoms with E-state index in [4.69, 9.17) is 0 Å². The van der Waals surface area contributed by atoms with Gasteiger partial charge >= 0.3 is 0 Å². The standard InChI is InChI=1S/C19H36N2/c1-4-14-20-18(11-10-17(2)3)19(12-6-7-13-19)21-15-8-5-9-16-21/h18,20H,2,4-16H2,1,3H3. The molecule has 0 amide bonds. The van der Waals surface area contributed by atoms with Gasteiger partial charge in [-0.3, -0.25) is 4.90 Å². The highest BCUT2D eigenvalue weighted by Gasteiger charge is 2.45. The van der Waals surface area contributed by atoms with E-state index in [1.54, 1.807) is 0 Å². The minimum Gasteiger partial charge on any atom is -0.312 e. The van der Waals surface area contributed by atoms with Gasteiger partial charge in [-0.2, -0.15) is 0 Å². The molecule has 1 unspecified atom stereocenters. The van der Waals surface area contributed by atoms with Crippen molar-refractivity contribution in [3.05, 3.63) is 12.2 Å². The SMILES string of the molecule is C=C(C)CCC(NCCC)C1(N2CCCCC2)CCCC1. The van der Waals surface area contributed by atoms with E-state index in [0.717, 1.165) is 6.54 Å². The first-order valence-corrected chi connectivity index (χ1v) is 9.32. The number of hydrogen-bond donors (Lipinski definition) is 1. The van der Waals surface area contributed by atoms with Crippen LogP contribution in [0.1, 0.15) is 78.1 Å². The van der Waals surface area contributed by atoms with Crippen molar-refractivity contribution in [2.45, 2.75) is 89.6 Å². The van der Waals surface area contributed by atoms with Crippen LogP contribution in [0.3, 0.4) is 0 Å². The molecule has 1 atom stereocenters. The summed E-state index contributed by atoms with van der Waals surface area (Å²) in [5, 5.41) is 3.92. The molecule has 0 aromatic rings. The Hall–Kier alpha value is -0.340. The molecule has 2 aliphatic rings. The average molecular weight is 293 g/mol. The Morgan fingerprint density at radius 1 is 1.14 bits per heavy atom. The Morgan fingerprint density at radius 3 is 2.38 bits per heavy atom. The van der Waals surface area contributed by atoms with E-state index < -0.39 is 0 Å². The molecule has 1 aliphatic carbocycles. The fourth-order valence-electron chi connectivity index (χ4n) is 4.48. The van der Waals surface area contributed by atoms with Crippen LogP contribution >= 0.6 is 0 Å². The summed E-state index contributed by atoms with van der Waals surface area (Å²) in [6.07, 6.45) is 13.6. The van der Waals surface area contributed by atoms with Gasteiger partial charge in [-0.05, 0) is 71.5 Å². The second-order valence-electron chi connectivity index (χ2n) is 7.36. The predicted octanol–water partition coefficient (Wildman–Crippen LogP) is 4.51. The zero-order valence-electron chi connectivity index (χ0n) is 14.4. The van der Waals surface area contributed by atoms with Crippen LogP contribution in [-0.4, -0.2) is 36.1 Å². The van der Waals surface area contributed by atoms with Crippen LogP contribution in [0.25, 0.3) is 0 Å². The van der Waals surface area contributed by atoms with E-state index in [2.05, 4.69) is 30.6 Å². The summed E-state index contributed by atoms with van der Waals surface area (Å²) >= 11 is 0. The summed E-state index contributed by atoms with van der Waals surface area (Å²) in [7, 11) is 0. The molecule has 0 aromatic heterocycles. The van der Waals surface area contributed by atoms with Gasteiger partial charge in [0.2, 0.25) is 0 Å². The Kier molecular flexibility index (Phi) is 6.75. The van der Waals surface area contributed by atoms with Gasteiger partial charge in [0.25, 0.3) is 0 Å². The third kappa shape index (κ3) is 4.32. The number of likely N-dealkylation sites (tertiary alicyclic amines) is 1. The largest absolute Gasteiger partial charge is 0.312 e. The quantitative estimate of drug-likeness (QED) is 0.662.